The van der Waals surface area contributed by atoms with Crippen LogP contribution in [0.5, 0.6) is 0 Å². The van der Waals surface area contributed by atoms with Crippen molar-refractivity contribution in [2.24, 2.45) is 5.92 Å². The van der Waals surface area contributed by atoms with Crippen molar-refractivity contribution in [3.8, 4) is 0 Å². The summed E-state index contributed by atoms with van der Waals surface area (Å²) in [6.45, 7) is 3.75. The number of benzene rings is 1. The fraction of sp³-hybridized carbons (Fsp3) is 0.550. The highest BCUT2D eigenvalue weighted by Crippen LogP contribution is 2.21. The Hall–Kier alpha value is -2.57. The normalized spacial score (nSPS) is 21.0. The van der Waals surface area contributed by atoms with Crippen molar-refractivity contribution < 1.29 is 19.5 Å². The van der Waals surface area contributed by atoms with E-state index in [4.69, 9.17) is 5.11 Å². The summed E-state index contributed by atoms with van der Waals surface area (Å²) in [7, 11) is 0. The summed E-state index contributed by atoms with van der Waals surface area (Å²) in [6.07, 6.45) is 4.20. The van der Waals surface area contributed by atoms with Crippen LogP contribution < -0.4 is 5.32 Å². The maximum Gasteiger partial charge on any atom is 0.321 e. The standard InChI is InChI=1S/C20H27N3O4/c1-14-4-2-3-11-23(14)18(24)15-5-7-17(8-6-15)21-20(27)22-12-9-16(10-13-22)19(25)26/h5-8,14,16H,2-4,9-13H2,1H3,(H,21,27)(H,25,26). The summed E-state index contributed by atoms with van der Waals surface area (Å²) in [5.74, 6) is -1.12. The van der Waals surface area contributed by atoms with Crippen LogP contribution in [0.15, 0.2) is 24.3 Å². The molecule has 0 aromatic heterocycles. The quantitative estimate of drug-likeness (QED) is 0.852. The molecule has 2 aliphatic heterocycles. The van der Waals surface area contributed by atoms with Gasteiger partial charge in [0.2, 0.25) is 0 Å². The molecule has 27 heavy (non-hydrogen) atoms. The van der Waals surface area contributed by atoms with E-state index < -0.39 is 5.97 Å². The second-order valence-corrected chi connectivity index (χ2v) is 7.45. The Morgan fingerprint density at radius 1 is 1.00 bits per heavy atom. The van der Waals surface area contributed by atoms with Gasteiger partial charge in [-0.15, -0.1) is 0 Å². The second kappa shape index (κ2) is 8.41. The van der Waals surface area contributed by atoms with Crippen molar-refractivity contribution >= 4 is 23.6 Å². The molecular weight excluding hydrogens is 346 g/mol. The first-order valence-electron chi connectivity index (χ1n) is 9.65. The topological polar surface area (TPSA) is 90.0 Å². The average molecular weight is 373 g/mol. The van der Waals surface area contributed by atoms with Crippen LogP contribution in [0, 0.1) is 5.92 Å². The monoisotopic (exact) mass is 373 g/mol. The van der Waals surface area contributed by atoms with Gasteiger partial charge in [-0.2, -0.15) is 0 Å². The van der Waals surface area contributed by atoms with E-state index in [1.54, 1.807) is 29.2 Å². The van der Waals surface area contributed by atoms with Gasteiger partial charge in [0.1, 0.15) is 0 Å². The van der Waals surface area contributed by atoms with Gasteiger partial charge in [0.15, 0.2) is 0 Å². The smallest absolute Gasteiger partial charge is 0.321 e. The summed E-state index contributed by atoms with van der Waals surface area (Å²) in [6, 6.07) is 7.00. The summed E-state index contributed by atoms with van der Waals surface area (Å²) in [4.78, 5) is 39.6. The van der Waals surface area contributed by atoms with E-state index in [1.807, 2.05) is 4.90 Å². The first-order chi connectivity index (χ1) is 13.0. The molecule has 3 amide bonds. The van der Waals surface area contributed by atoms with Gasteiger partial charge in [-0.25, -0.2) is 4.79 Å². The number of hydrogen-bond donors (Lipinski definition) is 2. The molecule has 0 spiro atoms. The third-order valence-electron chi connectivity index (χ3n) is 5.58. The van der Waals surface area contributed by atoms with Gasteiger partial charge >= 0.3 is 12.0 Å². The Bertz CT molecular complexity index is 696. The van der Waals surface area contributed by atoms with Crippen LogP contribution in [0.25, 0.3) is 0 Å². The molecule has 7 nitrogen and oxygen atoms in total. The molecule has 2 saturated heterocycles. The number of anilines is 1. The lowest BCUT2D eigenvalue weighted by atomic mass is 9.97. The molecule has 146 valence electrons. The van der Waals surface area contributed by atoms with Crippen LogP contribution in [0.4, 0.5) is 10.5 Å². The minimum Gasteiger partial charge on any atom is -0.481 e. The minimum atomic E-state index is -0.793. The maximum atomic E-state index is 12.7. The van der Waals surface area contributed by atoms with E-state index in [-0.39, 0.29) is 23.9 Å². The number of likely N-dealkylation sites (tertiary alicyclic amines) is 2. The molecule has 2 N–H and O–H groups in total. The minimum absolute atomic E-state index is 0.0378. The predicted octanol–water partition coefficient (Wildman–Crippen LogP) is 3.03. The first-order valence-corrected chi connectivity index (χ1v) is 9.65. The van der Waals surface area contributed by atoms with E-state index in [1.165, 1.54) is 6.42 Å². The van der Waals surface area contributed by atoms with Crippen molar-refractivity contribution in [2.45, 2.75) is 45.1 Å². The van der Waals surface area contributed by atoms with Crippen LogP contribution in [0.2, 0.25) is 0 Å². The van der Waals surface area contributed by atoms with Gasteiger partial charge < -0.3 is 20.2 Å². The Labute approximate surface area is 159 Å². The van der Waals surface area contributed by atoms with Gasteiger partial charge in [0.05, 0.1) is 5.92 Å². The number of amides is 3. The lowest BCUT2D eigenvalue weighted by molar-refractivity contribution is -0.143. The molecule has 2 fully saturated rings. The summed E-state index contributed by atoms with van der Waals surface area (Å²) < 4.78 is 0. The van der Waals surface area contributed by atoms with Crippen molar-refractivity contribution in [3.63, 3.8) is 0 Å². The molecule has 1 atom stereocenters. The zero-order valence-electron chi connectivity index (χ0n) is 15.7. The molecule has 3 rings (SSSR count). The highest BCUT2D eigenvalue weighted by molar-refractivity contribution is 5.95. The fourth-order valence-electron chi connectivity index (χ4n) is 3.79. The van der Waals surface area contributed by atoms with Crippen molar-refractivity contribution in [3.05, 3.63) is 29.8 Å². The molecule has 1 aromatic rings. The Morgan fingerprint density at radius 2 is 1.67 bits per heavy atom. The van der Waals surface area contributed by atoms with Crippen molar-refractivity contribution in [1.82, 2.24) is 9.80 Å². The SMILES string of the molecule is CC1CCCCN1C(=O)c1ccc(NC(=O)N2CCC(C(=O)O)CC2)cc1. The maximum absolute atomic E-state index is 12.7. The summed E-state index contributed by atoms with van der Waals surface area (Å²) >= 11 is 0. The van der Waals surface area contributed by atoms with Gasteiger partial charge in [-0.1, -0.05) is 0 Å². The predicted molar refractivity (Wildman–Crippen MR) is 102 cm³/mol. The molecule has 0 aliphatic carbocycles. The lowest BCUT2D eigenvalue weighted by Gasteiger charge is -2.33. The molecule has 1 unspecified atom stereocenters. The van der Waals surface area contributed by atoms with Gasteiger partial charge in [0, 0.05) is 36.9 Å². The highest BCUT2D eigenvalue weighted by Gasteiger charge is 2.27. The average Bonchev–Trinajstić information content (AvgIpc) is 2.68. The number of carbonyl (C=O) groups is 3. The van der Waals surface area contributed by atoms with Gasteiger partial charge in [0.25, 0.3) is 5.91 Å². The number of nitrogens with one attached hydrogen (secondary N) is 1. The second-order valence-electron chi connectivity index (χ2n) is 7.45. The van der Waals surface area contributed by atoms with Crippen LogP contribution in [0.3, 0.4) is 0 Å². The van der Waals surface area contributed by atoms with E-state index in [0.717, 1.165) is 19.4 Å². The largest absolute Gasteiger partial charge is 0.481 e. The van der Waals surface area contributed by atoms with E-state index >= 15 is 0 Å². The molecule has 0 saturated carbocycles. The number of aliphatic carboxylic acids is 1. The van der Waals surface area contributed by atoms with Crippen LogP contribution >= 0.6 is 0 Å². The Kier molecular flexibility index (Phi) is 5.98. The number of urea groups is 1. The summed E-state index contributed by atoms with van der Waals surface area (Å²) in [5.41, 5.74) is 1.26. The molecule has 2 aliphatic rings. The van der Waals surface area contributed by atoms with E-state index in [2.05, 4.69) is 12.2 Å². The molecule has 0 radical (unpaired) electrons. The fourth-order valence-corrected chi connectivity index (χ4v) is 3.79. The number of rotatable bonds is 3. The van der Waals surface area contributed by atoms with E-state index in [9.17, 15) is 14.4 Å². The third kappa shape index (κ3) is 4.59. The number of carbonyl (C=O) groups excluding carboxylic acids is 2. The molecule has 0 bridgehead atoms. The van der Waals surface area contributed by atoms with Gasteiger partial charge in [-0.3, -0.25) is 9.59 Å². The van der Waals surface area contributed by atoms with Crippen molar-refractivity contribution in [2.75, 3.05) is 25.0 Å². The zero-order valence-corrected chi connectivity index (χ0v) is 15.7. The number of hydrogen-bond acceptors (Lipinski definition) is 3. The van der Waals surface area contributed by atoms with Crippen molar-refractivity contribution in [1.29, 1.82) is 0 Å². The van der Waals surface area contributed by atoms with Crippen LogP contribution in [-0.2, 0) is 4.79 Å². The molecule has 2 heterocycles. The zero-order chi connectivity index (χ0) is 19.4. The number of carboxylic acid groups (broad SMARTS) is 1. The Morgan fingerprint density at radius 3 is 2.26 bits per heavy atom. The number of nitrogens with zero attached hydrogens (tertiary/aromatic N) is 2. The van der Waals surface area contributed by atoms with Crippen LogP contribution in [-0.4, -0.2) is 58.5 Å². The molecular formula is C20H27N3O4. The number of piperidine rings is 2. The highest BCUT2D eigenvalue weighted by atomic mass is 16.4. The molecule has 7 heteroatoms. The summed E-state index contributed by atoms with van der Waals surface area (Å²) in [5, 5.41) is 11.9. The number of carboxylic acids is 1. The van der Waals surface area contributed by atoms with E-state index in [0.29, 0.717) is 37.2 Å². The first kappa shape index (κ1) is 19.2. The molecule has 1 aromatic carbocycles. The third-order valence-corrected chi connectivity index (χ3v) is 5.58. The lowest BCUT2D eigenvalue weighted by Crippen LogP contribution is -2.42. The van der Waals surface area contributed by atoms with Crippen LogP contribution in [0.1, 0.15) is 49.4 Å². The Balaban J connectivity index is 1.55. The van der Waals surface area contributed by atoms with Gasteiger partial charge in [-0.05, 0) is 63.3 Å².